The first-order valence-corrected chi connectivity index (χ1v) is 5.78. The van der Waals surface area contributed by atoms with Gasteiger partial charge >= 0.3 is 0 Å². The number of aryl methyl sites for hydroxylation is 2. The second kappa shape index (κ2) is 4.02. The lowest BCUT2D eigenvalue weighted by molar-refractivity contribution is 0.756. The maximum Gasteiger partial charge on any atom is 0.183 e. The fourth-order valence-electron chi connectivity index (χ4n) is 1.48. The first-order chi connectivity index (χ1) is 7.20. The summed E-state index contributed by atoms with van der Waals surface area (Å²) in [6.45, 7) is 4.97. The molecule has 2 heterocycles. The van der Waals surface area contributed by atoms with Crippen molar-refractivity contribution in [2.45, 2.75) is 13.8 Å². The van der Waals surface area contributed by atoms with Gasteiger partial charge in [0.15, 0.2) is 5.13 Å². The van der Waals surface area contributed by atoms with Gasteiger partial charge in [-0.2, -0.15) is 5.10 Å². The van der Waals surface area contributed by atoms with Gasteiger partial charge in [-0.15, -0.1) is 11.3 Å². The van der Waals surface area contributed by atoms with Gasteiger partial charge in [0, 0.05) is 30.7 Å². The van der Waals surface area contributed by atoms with Crippen LogP contribution in [0, 0.1) is 6.92 Å². The summed E-state index contributed by atoms with van der Waals surface area (Å²) in [5, 5.41) is 10.5. The fourth-order valence-corrected chi connectivity index (χ4v) is 2.26. The van der Waals surface area contributed by atoms with E-state index in [2.05, 4.69) is 27.7 Å². The zero-order valence-electron chi connectivity index (χ0n) is 9.11. The third kappa shape index (κ3) is 2.02. The van der Waals surface area contributed by atoms with E-state index in [1.165, 1.54) is 0 Å². The predicted molar refractivity (Wildman–Crippen MR) is 63.2 cm³/mol. The highest BCUT2D eigenvalue weighted by molar-refractivity contribution is 7.14. The first kappa shape index (κ1) is 10.2. The van der Waals surface area contributed by atoms with Crippen molar-refractivity contribution in [3.8, 4) is 11.3 Å². The smallest absolute Gasteiger partial charge is 0.183 e. The van der Waals surface area contributed by atoms with Crippen LogP contribution in [0.4, 0.5) is 5.13 Å². The summed E-state index contributed by atoms with van der Waals surface area (Å²) in [6.07, 6.45) is 2.00. The van der Waals surface area contributed by atoms with Gasteiger partial charge in [0.1, 0.15) is 0 Å². The molecular weight excluding hydrogens is 208 g/mol. The highest BCUT2D eigenvalue weighted by atomic mass is 32.1. The molecule has 5 heteroatoms. The number of thiazole rings is 1. The van der Waals surface area contributed by atoms with Crippen LogP contribution in [-0.4, -0.2) is 21.3 Å². The summed E-state index contributed by atoms with van der Waals surface area (Å²) in [5.74, 6) is 0. The van der Waals surface area contributed by atoms with Gasteiger partial charge in [0.2, 0.25) is 0 Å². The minimum absolute atomic E-state index is 0.902. The predicted octanol–water partition coefficient (Wildman–Crippen LogP) is 2.28. The number of nitrogens with one attached hydrogen (secondary N) is 1. The van der Waals surface area contributed by atoms with Gasteiger partial charge in [0.05, 0.1) is 11.4 Å². The lowest BCUT2D eigenvalue weighted by Crippen LogP contribution is -1.94. The number of aromatic nitrogens is 3. The number of nitrogens with zero attached hydrogens (tertiary/aromatic N) is 3. The van der Waals surface area contributed by atoms with Crippen molar-refractivity contribution in [3.63, 3.8) is 0 Å². The topological polar surface area (TPSA) is 42.7 Å². The summed E-state index contributed by atoms with van der Waals surface area (Å²) in [6, 6.07) is 0. The fraction of sp³-hybridized carbons (Fsp3) is 0.400. The molecule has 0 atom stereocenters. The summed E-state index contributed by atoms with van der Waals surface area (Å²) >= 11 is 1.63. The van der Waals surface area contributed by atoms with E-state index in [-0.39, 0.29) is 0 Å². The van der Waals surface area contributed by atoms with Crippen LogP contribution in [0.2, 0.25) is 0 Å². The second-order valence-electron chi connectivity index (χ2n) is 3.37. The molecule has 2 aromatic rings. The zero-order chi connectivity index (χ0) is 10.8. The number of anilines is 1. The number of rotatable bonds is 3. The molecule has 0 aliphatic carbocycles. The molecule has 0 amide bonds. The summed E-state index contributed by atoms with van der Waals surface area (Å²) < 4.78 is 1.82. The molecule has 0 bridgehead atoms. The molecule has 15 heavy (non-hydrogen) atoms. The molecule has 0 saturated heterocycles. The molecule has 0 unspecified atom stereocenters. The van der Waals surface area contributed by atoms with Crippen LogP contribution in [0.25, 0.3) is 11.3 Å². The van der Waals surface area contributed by atoms with Crippen LogP contribution < -0.4 is 5.32 Å². The van der Waals surface area contributed by atoms with Crippen molar-refractivity contribution in [1.82, 2.24) is 14.8 Å². The van der Waals surface area contributed by atoms with Crippen molar-refractivity contribution in [3.05, 3.63) is 17.3 Å². The van der Waals surface area contributed by atoms with E-state index in [4.69, 9.17) is 0 Å². The highest BCUT2D eigenvalue weighted by Gasteiger charge is 2.09. The van der Waals surface area contributed by atoms with Gasteiger partial charge in [-0.1, -0.05) is 0 Å². The molecule has 2 aromatic heterocycles. The molecule has 0 aromatic carbocycles. The van der Waals surface area contributed by atoms with E-state index in [1.807, 2.05) is 24.9 Å². The Bertz CT molecular complexity index is 458. The largest absolute Gasteiger partial charge is 0.362 e. The van der Waals surface area contributed by atoms with Crippen LogP contribution in [0.5, 0.6) is 0 Å². The molecule has 80 valence electrons. The second-order valence-corrected chi connectivity index (χ2v) is 4.23. The standard InChI is InChI=1S/C10H14N4S/c1-4-11-10-12-9(6-15-10)8-5-14(3)13-7(8)2/h5-6H,4H2,1-3H3,(H,11,12). The van der Waals surface area contributed by atoms with E-state index in [1.54, 1.807) is 11.3 Å². The Kier molecular flexibility index (Phi) is 2.73. The molecule has 0 fully saturated rings. The zero-order valence-corrected chi connectivity index (χ0v) is 9.93. The molecule has 1 N–H and O–H groups in total. The highest BCUT2D eigenvalue weighted by Crippen LogP contribution is 2.26. The molecule has 0 spiro atoms. The maximum atomic E-state index is 4.50. The Morgan fingerprint density at radius 2 is 2.33 bits per heavy atom. The Morgan fingerprint density at radius 3 is 2.93 bits per heavy atom. The average molecular weight is 222 g/mol. The Morgan fingerprint density at radius 1 is 1.53 bits per heavy atom. The number of hydrogen-bond donors (Lipinski definition) is 1. The van der Waals surface area contributed by atoms with Crippen LogP contribution in [0.3, 0.4) is 0 Å². The molecule has 0 aliphatic rings. The molecule has 0 aliphatic heterocycles. The molecule has 0 radical (unpaired) electrons. The van der Waals surface area contributed by atoms with Crippen molar-refractivity contribution in [2.24, 2.45) is 7.05 Å². The quantitative estimate of drug-likeness (QED) is 0.866. The van der Waals surface area contributed by atoms with Crippen LogP contribution >= 0.6 is 11.3 Å². The van der Waals surface area contributed by atoms with Gasteiger partial charge in [-0.25, -0.2) is 4.98 Å². The van der Waals surface area contributed by atoms with Crippen molar-refractivity contribution in [2.75, 3.05) is 11.9 Å². The van der Waals surface area contributed by atoms with E-state index in [9.17, 15) is 0 Å². The van der Waals surface area contributed by atoms with Gasteiger partial charge < -0.3 is 5.32 Å². The lowest BCUT2D eigenvalue weighted by Gasteiger charge is -1.94. The minimum Gasteiger partial charge on any atom is -0.362 e. The van der Waals surface area contributed by atoms with Crippen molar-refractivity contribution in [1.29, 1.82) is 0 Å². The third-order valence-electron chi connectivity index (χ3n) is 2.12. The minimum atomic E-state index is 0.902. The van der Waals surface area contributed by atoms with E-state index in [0.717, 1.165) is 28.6 Å². The number of hydrogen-bond acceptors (Lipinski definition) is 4. The third-order valence-corrected chi connectivity index (χ3v) is 2.92. The van der Waals surface area contributed by atoms with Crippen LogP contribution in [0.15, 0.2) is 11.6 Å². The summed E-state index contributed by atoms with van der Waals surface area (Å²) in [5.41, 5.74) is 3.13. The Labute approximate surface area is 93.0 Å². The summed E-state index contributed by atoms with van der Waals surface area (Å²) in [7, 11) is 1.92. The molecule has 2 rings (SSSR count). The van der Waals surface area contributed by atoms with E-state index >= 15 is 0 Å². The van der Waals surface area contributed by atoms with E-state index < -0.39 is 0 Å². The average Bonchev–Trinajstić information content (AvgIpc) is 2.73. The molecular formula is C10H14N4S. The van der Waals surface area contributed by atoms with Crippen molar-refractivity contribution < 1.29 is 0 Å². The van der Waals surface area contributed by atoms with Crippen LogP contribution in [-0.2, 0) is 7.05 Å². The summed E-state index contributed by atoms with van der Waals surface area (Å²) in [4.78, 5) is 4.50. The van der Waals surface area contributed by atoms with E-state index in [0.29, 0.717) is 0 Å². The van der Waals surface area contributed by atoms with Gasteiger partial charge in [-0.3, -0.25) is 4.68 Å². The van der Waals surface area contributed by atoms with Gasteiger partial charge in [-0.05, 0) is 13.8 Å². The van der Waals surface area contributed by atoms with Crippen molar-refractivity contribution >= 4 is 16.5 Å². The normalized spacial score (nSPS) is 10.6. The Hall–Kier alpha value is -1.36. The first-order valence-electron chi connectivity index (χ1n) is 4.90. The van der Waals surface area contributed by atoms with Crippen LogP contribution in [0.1, 0.15) is 12.6 Å². The SMILES string of the molecule is CCNc1nc(-c2cn(C)nc2C)cs1. The monoisotopic (exact) mass is 222 g/mol. The van der Waals surface area contributed by atoms with Gasteiger partial charge in [0.25, 0.3) is 0 Å². The molecule has 4 nitrogen and oxygen atoms in total. The Balaban J connectivity index is 2.32. The lowest BCUT2D eigenvalue weighted by atomic mass is 10.2. The molecule has 0 saturated carbocycles. The maximum absolute atomic E-state index is 4.50.